The fourth-order valence-electron chi connectivity index (χ4n) is 1.79. The molecule has 0 N–H and O–H groups in total. The third kappa shape index (κ3) is 6.15. The molecular weight excluding hydrogens is 242 g/mol. The minimum absolute atomic E-state index is 0.118. The normalized spacial score (nSPS) is 10.5. The molecule has 0 amide bonds. The average molecular weight is 263 g/mol. The first-order chi connectivity index (χ1) is 9.01. The van der Waals surface area contributed by atoms with E-state index in [1.165, 1.54) is 5.56 Å². The van der Waals surface area contributed by atoms with Crippen LogP contribution in [-0.4, -0.2) is 36.9 Å². The Kier molecular flexibility index (Phi) is 6.22. The number of ketones is 1. The first-order valence-corrected chi connectivity index (χ1v) is 6.42. The van der Waals surface area contributed by atoms with Gasteiger partial charge in [-0.05, 0) is 26.5 Å². The molecule has 4 heteroatoms. The first kappa shape index (κ1) is 15.4. The number of benzene rings is 1. The molecule has 0 spiro atoms. The van der Waals surface area contributed by atoms with Crippen LogP contribution in [0.15, 0.2) is 24.3 Å². The van der Waals surface area contributed by atoms with Crippen LogP contribution < -0.4 is 0 Å². The van der Waals surface area contributed by atoms with E-state index in [0.717, 1.165) is 5.56 Å². The molecule has 19 heavy (non-hydrogen) atoms. The van der Waals surface area contributed by atoms with Crippen LogP contribution in [0.25, 0.3) is 0 Å². The molecule has 0 atom stereocenters. The van der Waals surface area contributed by atoms with Gasteiger partial charge in [-0.1, -0.05) is 29.8 Å². The van der Waals surface area contributed by atoms with E-state index < -0.39 is 5.97 Å². The summed E-state index contributed by atoms with van der Waals surface area (Å²) in [5.41, 5.74) is 2.36. The fraction of sp³-hybridized carbons (Fsp3) is 0.467. The highest BCUT2D eigenvalue weighted by Crippen LogP contribution is 2.06. The Labute approximate surface area is 114 Å². The molecule has 1 aromatic rings. The van der Waals surface area contributed by atoms with E-state index in [1.807, 2.05) is 43.1 Å². The molecule has 0 aliphatic carbocycles. The molecule has 0 bridgehead atoms. The quantitative estimate of drug-likeness (QED) is 0.557. The second kappa shape index (κ2) is 7.69. The van der Waals surface area contributed by atoms with Crippen molar-refractivity contribution >= 4 is 11.8 Å². The molecule has 0 aliphatic rings. The number of carbonyl (C=O) groups excluding carboxylic acids is 2. The summed E-state index contributed by atoms with van der Waals surface area (Å²) < 4.78 is 4.75. The maximum atomic E-state index is 11.6. The molecule has 0 fully saturated rings. The van der Waals surface area contributed by atoms with E-state index in [9.17, 15) is 9.59 Å². The van der Waals surface area contributed by atoms with Gasteiger partial charge in [0.2, 0.25) is 0 Å². The summed E-state index contributed by atoms with van der Waals surface area (Å²) in [6, 6.07) is 8.18. The molecule has 0 saturated carbocycles. The SMILES string of the molecule is CCOC(=O)CC(=O)CN(C)Cc1ccc(C)cc1. The maximum absolute atomic E-state index is 11.6. The van der Waals surface area contributed by atoms with Crippen molar-refractivity contribution in [3.8, 4) is 0 Å². The molecular formula is C15H21NO3. The zero-order valence-electron chi connectivity index (χ0n) is 11.8. The number of esters is 1. The number of hydrogen-bond donors (Lipinski definition) is 0. The molecule has 104 valence electrons. The van der Waals surface area contributed by atoms with Crippen molar-refractivity contribution in [3.05, 3.63) is 35.4 Å². The van der Waals surface area contributed by atoms with Gasteiger partial charge in [-0.25, -0.2) is 0 Å². The summed E-state index contributed by atoms with van der Waals surface area (Å²) in [4.78, 5) is 24.7. The standard InChI is InChI=1S/C15H21NO3/c1-4-19-15(18)9-14(17)11-16(3)10-13-7-5-12(2)6-8-13/h5-8H,4,9-11H2,1-3H3. The zero-order chi connectivity index (χ0) is 14.3. The average Bonchev–Trinajstić information content (AvgIpc) is 2.32. The second-order valence-electron chi connectivity index (χ2n) is 4.68. The summed E-state index contributed by atoms with van der Waals surface area (Å²) in [5, 5.41) is 0. The van der Waals surface area contributed by atoms with Gasteiger partial charge in [0.1, 0.15) is 6.42 Å². The number of ether oxygens (including phenoxy) is 1. The Morgan fingerprint density at radius 2 is 1.84 bits per heavy atom. The van der Waals surface area contributed by atoms with Crippen LogP contribution in [0.5, 0.6) is 0 Å². The third-order valence-electron chi connectivity index (χ3n) is 2.67. The predicted molar refractivity (Wildman–Crippen MR) is 73.8 cm³/mol. The number of rotatable bonds is 7. The number of aryl methyl sites for hydroxylation is 1. The van der Waals surface area contributed by atoms with Crippen molar-refractivity contribution in [2.45, 2.75) is 26.8 Å². The number of Topliss-reactive ketones (excluding diaryl/α,β-unsaturated/α-hetero) is 1. The Hall–Kier alpha value is -1.68. The molecule has 0 radical (unpaired) electrons. The lowest BCUT2D eigenvalue weighted by molar-refractivity contribution is -0.145. The summed E-state index contributed by atoms with van der Waals surface area (Å²) in [6.07, 6.45) is -0.147. The Bertz CT molecular complexity index is 426. The number of likely N-dealkylation sites (N-methyl/N-ethyl adjacent to an activating group) is 1. The van der Waals surface area contributed by atoms with Crippen LogP contribution in [0.2, 0.25) is 0 Å². The van der Waals surface area contributed by atoms with Crippen molar-refractivity contribution in [1.82, 2.24) is 4.90 Å². The van der Waals surface area contributed by atoms with E-state index in [0.29, 0.717) is 13.2 Å². The van der Waals surface area contributed by atoms with Gasteiger partial charge in [0.05, 0.1) is 13.2 Å². The number of carbonyl (C=O) groups is 2. The third-order valence-corrected chi connectivity index (χ3v) is 2.67. The van der Waals surface area contributed by atoms with Gasteiger partial charge in [0, 0.05) is 6.54 Å². The van der Waals surface area contributed by atoms with E-state index >= 15 is 0 Å². The minimum atomic E-state index is -0.448. The summed E-state index contributed by atoms with van der Waals surface area (Å²) in [6.45, 7) is 5.02. The number of hydrogen-bond acceptors (Lipinski definition) is 4. The van der Waals surface area contributed by atoms with Gasteiger partial charge >= 0.3 is 5.97 Å². The predicted octanol–water partition coefficient (Wildman–Crippen LogP) is 1.95. The molecule has 0 saturated heterocycles. The van der Waals surface area contributed by atoms with Crippen molar-refractivity contribution in [3.63, 3.8) is 0 Å². The fourth-order valence-corrected chi connectivity index (χ4v) is 1.79. The van der Waals surface area contributed by atoms with E-state index in [1.54, 1.807) is 6.92 Å². The number of nitrogens with zero attached hydrogens (tertiary/aromatic N) is 1. The zero-order valence-corrected chi connectivity index (χ0v) is 11.8. The van der Waals surface area contributed by atoms with Crippen LogP contribution in [0, 0.1) is 6.92 Å². The van der Waals surface area contributed by atoms with Crippen LogP contribution in [0.4, 0.5) is 0 Å². The lowest BCUT2D eigenvalue weighted by Gasteiger charge is -2.15. The molecule has 0 aromatic heterocycles. The van der Waals surface area contributed by atoms with Crippen molar-refractivity contribution in [1.29, 1.82) is 0 Å². The molecule has 0 unspecified atom stereocenters. The summed E-state index contributed by atoms with van der Waals surface area (Å²) in [7, 11) is 1.86. The van der Waals surface area contributed by atoms with Gasteiger partial charge in [-0.3, -0.25) is 14.5 Å². The van der Waals surface area contributed by atoms with Crippen molar-refractivity contribution in [2.24, 2.45) is 0 Å². The highest BCUT2D eigenvalue weighted by Gasteiger charge is 2.12. The van der Waals surface area contributed by atoms with Gasteiger partial charge in [0.25, 0.3) is 0 Å². The highest BCUT2D eigenvalue weighted by molar-refractivity contribution is 5.96. The largest absolute Gasteiger partial charge is 0.466 e. The Balaban J connectivity index is 2.38. The maximum Gasteiger partial charge on any atom is 0.313 e. The van der Waals surface area contributed by atoms with Crippen LogP contribution in [0.3, 0.4) is 0 Å². The van der Waals surface area contributed by atoms with Gasteiger partial charge < -0.3 is 4.74 Å². The summed E-state index contributed by atoms with van der Waals surface area (Å²) >= 11 is 0. The van der Waals surface area contributed by atoms with Crippen molar-refractivity contribution < 1.29 is 14.3 Å². The first-order valence-electron chi connectivity index (χ1n) is 6.42. The molecule has 4 nitrogen and oxygen atoms in total. The van der Waals surface area contributed by atoms with Crippen LogP contribution in [-0.2, 0) is 20.9 Å². The van der Waals surface area contributed by atoms with E-state index in [-0.39, 0.29) is 18.7 Å². The molecule has 0 heterocycles. The lowest BCUT2D eigenvalue weighted by atomic mass is 10.1. The lowest BCUT2D eigenvalue weighted by Crippen LogP contribution is -2.27. The van der Waals surface area contributed by atoms with Crippen molar-refractivity contribution in [2.75, 3.05) is 20.2 Å². The highest BCUT2D eigenvalue weighted by atomic mass is 16.5. The van der Waals surface area contributed by atoms with E-state index in [2.05, 4.69) is 0 Å². The van der Waals surface area contributed by atoms with Crippen LogP contribution >= 0.6 is 0 Å². The van der Waals surface area contributed by atoms with E-state index in [4.69, 9.17) is 4.74 Å². The topological polar surface area (TPSA) is 46.6 Å². The van der Waals surface area contributed by atoms with Crippen LogP contribution in [0.1, 0.15) is 24.5 Å². The molecule has 1 aromatic carbocycles. The minimum Gasteiger partial charge on any atom is -0.466 e. The molecule has 1 rings (SSSR count). The Morgan fingerprint density at radius 1 is 1.21 bits per heavy atom. The molecule has 0 aliphatic heterocycles. The Morgan fingerprint density at radius 3 is 2.42 bits per heavy atom. The van der Waals surface area contributed by atoms with Gasteiger partial charge in [-0.2, -0.15) is 0 Å². The monoisotopic (exact) mass is 263 g/mol. The van der Waals surface area contributed by atoms with Gasteiger partial charge in [-0.15, -0.1) is 0 Å². The van der Waals surface area contributed by atoms with Gasteiger partial charge in [0.15, 0.2) is 5.78 Å². The summed E-state index contributed by atoms with van der Waals surface area (Å²) in [5.74, 6) is -0.565. The second-order valence-corrected chi connectivity index (χ2v) is 4.68. The smallest absolute Gasteiger partial charge is 0.313 e.